The minimum absolute atomic E-state index is 0.165. The molecule has 1 amide bonds. The molecule has 0 saturated heterocycles. The van der Waals surface area contributed by atoms with E-state index in [1.54, 1.807) is 17.4 Å². The Kier molecular flexibility index (Phi) is 3.91. The number of benzene rings is 1. The molecule has 0 bridgehead atoms. The Morgan fingerprint density at radius 1 is 1.25 bits per heavy atom. The van der Waals surface area contributed by atoms with E-state index in [0.717, 1.165) is 15.4 Å². The number of carbonyl (C=O) groups excluding carboxylic acids is 1. The van der Waals surface area contributed by atoms with Gasteiger partial charge in [0.2, 0.25) is 11.2 Å². The number of para-hydroxylation sites is 2. The molecule has 6 nitrogen and oxygen atoms in total. The van der Waals surface area contributed by atoms with E-state index in [4.69, 9.17) is 9.47 Å². The van der Waals surface area contributed by atoms with Gasteiger partial charge >= 0.3 is 0 Å². The summed E-state index contributed by atoms with van der Waals surface area (Å²) in [6.07, 6.45) is -0.712. The number of anilines is 1. The van der Waals surface area contributed by atoms with Crippen molar-refractivity contribution in [1.82, 2.24) is 10.2 Å². The van der Waals surface area contributed by atoms with Crippen LogP contribution in [-0.4, -0.2) is 28.8 Å². The fourth-order valence-corrected chi connectivity index (χ4v) is 4.12. The van der Waals surface area contributed by atoms with Gasteiger partial charge in [0.05, 0.1) is 4.88 Å². The number of nitrogens with one attached hydrogen (secondary N) is 1. The minimum Gasteiger partial charge on any atom is -0.485 e. The average molecular weight is 359 g/mol. The number of rotatable bonds is 3. The summed E-state index contributed by atoms with van der Waals surface area (Å²) in [5.74, 6) is 0.916. The lowest BCUT2D eigenvalue weighted by molar-refractivity contribution is -0.125. The van der Waals surface area contributed by atoms with Gasteiger partial charge in [-0.2, -0.15) is 0 Å². The first-order chi connectivity index (χ1) is 11.7. The molecule has 0 saturated carbocycles. The van der Waals surface area contributed by atoms with Crippen LogP contribution in [-0.2, 0) is 4.79 Å². The zero-order valence-corrected chi connectivity index (χ0v) is 14.3. The van der Waals surface area contributed by atoms with E-state index in [1.807, 2.05) is 36.6 Å². The topological polar surface area (TPSA) is 73.3 Å². The Bertz CT molecular complexity index is 890. The summed E-state index contributed by atoms with van der Waals surface area (Å²) in [5, 5.41) is 14.2. The molecular formula is C16H13N3O3S2. The number of thiophene rings is 1. The quantitative estimate of drug-likeness (QED) is 0.776. The van der Waals surface area contributed by atoms with Crippen LogP contribution < -0.4 is 14.8 Å². The molecule has 0 spiro atoms. The number of ether oxygens (including phenoxy) is 2. The number of hydrogen-bond acceptors (Lipinski definition) is 7. The van der Waals surface area contributed by atoms with E-state index in [0.29, 0.717) is 16.6 Å². The maximum absolute atomic E-state index is 12.4. The van der Waals surface area contributed by atoms with E-state index >= 15 is 0 Å². The Morgan fingerprint density at radius 3 is 2.88 bits per heavy atom. The average Bonchev–Trinajstić information content (AvgIpc) is 3.23. The third-order valence-corrected chi connectivity index (χ3v) is 5.52. The maximum Gasteiger partial charge on any atom is 0.270 e. The number of carbonyl (C=O) groups is 1. The van der Waals surface area contributed by atoms with E-state index in [-0.39, 0.29) is 12.5 Å². The van der Waals surface area contributed by atoms with Gasteiger partial charge in [-0.05, 0) is 36.1 Å². The molecule has 1 N–H and O–H groups in total. The van der Waals surface area contributed by atoms with Gasteiger partial charge in [0.15, 0.2) is 16.5 Å². The fourth-order valence-electron chi connectivity index (χ4n) is 2.29. The Labute approximate surface area is 146 Å². The summed E-state index contributed by atoms with van der Waals surface area (Å²) in [5.41, 5.74) is 1.15. The molecule has 1 atom stereocenters. The number of nitrogens with zero attached hydrogens (tertiary/aromatic N) is 2. The zero-order valence-electron chi connectivity index (χ0n) is 12.7. The molecular weight excluding hydrogens is 346 g/mol. The van der Waals surface area contributed by atoms with Crippen molar-refractivity contribution < 1.29 is 14.3 Å². The third kappa shape index (κ3) is 2.85. The van der Waals surface area contributed by atoms with Crippen LogP contribution in [0, 0.1) is 6.92 Å². The largest absolute Gasteiger partial charge is 0.485 e. The molecule has 2 aromatic heterocycles. The van der Waals surface area contributed by atoms with Crippen molar-refractivity contribution in [3.63, 3.8) is 0 Å². The lowest BCUT2D eigenvalue weighted by Crippen LogP contribution is -2.40. The molecule has 4 rings (SSSR count). The molecule has 0 fully saturated rings. The molecule has 122 valence electrons. The molecule has 0 radical (unpaired) electrons. The summed E-state index contributed by atoms with van der Waals surface area (Å²) >= 11 is 2.95. The minimum atomic E-state index is -0.712. The second-order valence-electron chi connectivity index (χ2n) is 5.20. The van der Waals surface area contributed by atoms with Crippen molar-refractivity contribution in [1.29, 1.82) is 0 Å². The van der Waals surface area contributed by atoms with Crippen molar-refractivity contribution in [3.05, 3.63) is 41.3 Å². The Hall–Kier alpha value is -2.45. The zero-order chi connectivity index (χ0) is 16.5. The van der Waals surface area contributed by atoms with Crippen molar-refractivity contribution in [3.8, 4) is 21.4 Å². The molecule has 0 aliphatic carbocycles. The van der Waals surface area contributed by atoms with Crippen LogP contribution in [0.5, 0.6) is 11.5 Å². The molecule has 0 unspecified atom stereocenters. The van der Waals surface area contributed by atoms with Gasteiger partial charge in [-0.15, -0.1) is 21.5 Å². The van der Waals surface area contributed by atoms with Crippen LogP contribution >= 0.6 is 22.7 Å². The van der Waals surface area contributed by atoms with E-state index in [1.165, 1.54) is 11.3 Å². The van der Waals surface area contributed by atoms with Crippen LogP contribution in [0.3, 0.4) is 0 Å². The summed E-state index contributed by atoms with van der Waals surface area (Å²) in [6.45, 7) is 2.19. The van der Waals surface area contributed by atoms with Gasteiger partial charge in [0.25, 0.3) is 5.91 Å². The van der Waals surface area contributed by atoms with Crippen molar-refractivity contribution >= 4 is 33.7 Å². The van der Waals surface area contributed by atoms with Gasteiger partial charge in [-0.1, -0.05) is 23.5 Å². The van der Waals surface area contributed by atoms with Gasteiger partial charge in [0, 0.05) is 0 Å². The SMILES string of the molecule is Cc1ccsc1-c1nnc(NC(=O)[C@@H]2COc3ccccc3O2)s1. The van der Waals surface area contributed by atoms with Crippen molar-refractivity contribution in [2.24, 2.45) is 0 Å². The van der Waals surface area contributed by atoms with Crippen molar-refractivity contribution in [2.75, 3.05) is 11.9 Å². The predicted octanol–water partition coefficient (Wildman–Crippen LogP) is 3.35. The third-order valence-electron chi connectivity index (χ3n) is 3.51. The van der Waals surface area contributed by atoms with Crippen LogP contribution in [0.4, 0.5) is 5.13 Å². The fraction of sp³-hybridized carbons (Fsp3) is 0.188. The number of aromatic nitrogens is 2. The molecule has 1 aromatic carbocycles. The molecule has 3 aromatic rings. The smallest absolute Gasteiger partial charge is 0.270 e. The normalized spacial score (nSPS) is 16.0. The monoisotopic (exact) mass is 359 g/mol. The lowest BCUT2D eigenvalue weighted by Gasteiger charge is -2.25. The van der Waals surface area contributed by atoms with E-state index < -0.39 is 6.10 Å². The highest BCUT2D eigenvalue weighted by molar-refractivity contribution is 7.23. The molecule has 8 heteroatoms. The van der Waals surface area contributed by atoms with Gasteiger partial charge < -0.3 is 9.47 Å². The highest BCUT2D eigenvalue weighted by Gasteiger charge is 2.28. The number of amides is 1. The van der Waals surface area contributed by atoms with Gasteiger partial charge in [-0.3, -0.25) is 10.1 Å². The first-order valence-corrected chi connectivity index (χ1v) is 8.97. The molecule has 1 aliphatic heterocycles. The second-order valence-corrected chi connectivity index (χ2v) is 7.09. The lowest BCUT2D eigenvalue weighted by atomic mass is 10.2. The summed E-state index contributed by atoms with van der Waals surface area (Å²) in [7, 11) is 0. The summed E-state index contributed by atoms with van der Waals surface area (Å²) in [6, 6.07) is 9.31. The van der Waals surface area contributed by atoms with Gasteiger partial charge in [0.1, 0.15) is 6.61 Å². The molecule has 3 heterocycles. The number of hydrogen-bond donors (Lipinski definition) is 1. The first-order valence-electron chi connectivity index (χ1n) is 7.28. The van der Waals surface area contributed by atoms with Crippen LogP contribution in [0.25, 0.3) is 9.88 Å². The molecule has 24 heavy (non-hydrogen) atoms. The number of aryl methyl sites for hydroxylation is 1. The van der Waals surface area contributed by atoms with Crippen molar-refractivity contribution in [2.45, 2.75) is 13.0 Å². The highest BCUT2D eigenvalue weighted by Crippen LogP contribution is 2.34. The predicted molar refractivity (Wildman–Crippen MR) is 92.9 cm³/mol. The molecule has 1 aliphatic rings. The highest BCUT2D eigenvalue weighted by atomic mass is 32.1. The van der Waals surface area contributed by atoms with Crippen LogP contribution in [0.15, 0.2) is 35.7 Å². The van der Waals surface area contributed by atoms with E-state index in [2.05, 4.69) is 15.5 Å². The van der Waals surface area contributed by atoms with E-state index in [9.17, 15) is 4.79 Å². The maximum atomic E-state index is 12.4. The summed E-state index contributed by atoms with van der Waals surface area (Å²) in [4.78, 5) is 13.4. The Morgan fingerprint density at radius 2 is 2.08 bits per heavy atom. The summed E-state index contributed by atoms with van der Waals surface area (Å²) < 4.78 is 11.2. The van der Waals surface area contributed by atoms with Gasteiger partial charge in [-0.25, -0.2) is 0 Å². The second kappa shape index (κ2) is 6.21. The Balaban J connectivity index is 1.46. The van der Waals surface area contributed by atoms with Crippen LogP contribution in [0.1, 0.15) is 5.56 Å². The number of fused-ring (bicyclic) bond motifs is 1. The van der Waals surface area contributed by atoms with Crippen LogP contribution in [0.2, 0.25) is 0 Å². The first kappa shape index (κ1) is 15.1. The standard InChI is InChI=1S/C16H13N3O3S2/c1-9-6-7-23-13(9)15-18-19-16(24-15)17-14(20)12-8-21-10-4-2-3-5-11(10)22-12/h2-7,12H,8H2,1H3,(H,17,19,20)/t12-/m0/s1.